The van der Waals surface area contributed by atoms with Gasteiger partial charge in [-0.25, -0.2) is 4.79 Å². The maximum absolute atomic E-state index is 13.3. The third-order valence-electron chi connectivity index (χ3n) is 7.94. The third-order valence-corrected chi connectivity index (χ3v) is 7.94. The van der Waals surface area contributed by atoms with Crippen LogP contribution in [0.1, 0.15) is 66.9 Å². The van der Waals surface area contributed by atoms with Crippen LogP contribution in [0.2, 0.25) is 0 Å². The molecule has 2 aromatic rings. The predicted molar refractivity (Wildman–Crippen MR) is 129 cm³/mol. The molecule has 1 fully saturated rings. The van der Waals surface area contributed by atoms with E-state index in [0.29, 0.717) is 31.6 Å². The van der Waals surface area contributed by atoms with E-state index in [9.17, 15) is 19.5 Å². The van der Waals surface area contributed by atoms with Crippen LogP contribution < -0.4 is 10.3 Å². The Kier molecular flexibility index (Phi) is 5.18. The molecule has 3 atom stereocenters. The molecule has 1 aromatic heterocycles. The van der Waals surface area contributed by atoms with E-state index < -0.39 is 34.3 Å². The quantitative estimate of drug-likeness (QED) is 0.640. The maximum atomic E-state index is 13.3. The van der Waals surface area contributed by atoms with Gasteiger partial charge in [-0.2, -0.15) is 0 Å². The topological polar surface area (TPSA) is 109 Å². The highest BCUT2D eigenvalue weighted by molar-refractivity contribution is 5.93. The second kappa shape index (κ2) is 7.68. The molecule has 35 heavy (non-hydrogen) atoms. The Labute approximate surface area is 204 Å². The summed E-state index contributed by atoms with van der Waals surface area (Å²) in [5.74, 6) is 0.371. The summed E-state index contributed by atoms with van der Waals surface area (Å²) >= 11 is 0. The number of Topliss-reactive ketones (excluding diaryl/α,β-unsaturated/α-hetero) is 1. The fraction of sp³-hybridized carbons (Fsp3) is 0.519. The molecular formula is C27H32N2O6. The molecular weight excluding hydrogens is 448 g/mol. The van der Waals surface area contributed by atoms with Crippen LogP contribution >= 0.6 is 0 Å². The number of nitrogens with zero attached hydrogens (tertiary/aromatic N) is 1. The van der Waals surface area contributed by atoms with Crippen LogP contribution in [0.15, 0.2) is 29.1 Å². The van der Waals surface area contributed by atoms with Crippen LogP contribution in [-0.4, -0.2) is 57.8 Å². The van der Waals surface area contributed by atoms with Crippen LogP contribution in [0.25, 0.3) is 0 Å². The number of ketones is 1. The number of aliphatic hydroxyl groups is 1. The number of piperidine rings is 1. The van der Waals surface area contributed by atoms with Crippen molar-refractivity contribution in [1.82, 2.24) is 9.88 Å². The molecule has 8 heteroatoms. The summed E-state index contributed by atoms with van der Waals surface area (Å²) in [7, 11) is 1.61. The fourth-order valence-corrected chi connectivity index (χ4v) is 6.36. The van der Waals surface area contributed by atoms with Crippen molar-refractivity contribution in [3.8, 4) is 5.75 Å². The van der Waals surface area contributed by atoms with E-state index in [1.807, 2.05) is 39.0 Å². The van der Waals surface area contributed by atoms with Crippen molar-refractivity contribution in [3.05, 3.63) is 62.6 Å². The van der Waals surface area contributed by atoms with Crippen LogP contribution in [0.4, 0.5) is 4.79 Å². The summed E-state index contributed by atoms with van der Waals surface area (Å²) in [6.07, 6.45) is 1.12. The zero-order valence-corrected chi connectivity index (χ0v) is 20.9. The molecule has 1 amide bonds. The molecule has 5 rings (SSSR count). The number of aromatic amines is 1. The van der Waals surface area contributed by atoms with Gasteiger partial charge in [-0.3, -0.25) is 9.59 Å². The molecule has 1 aliphatic heterocycles. The number of fused-ring (bicyclic) bond motifs is 2. The lowest BCUT2D eigenvalue weighted by atomic mass is 9.49. The van der Waals surface area contributed by atoms with Gasteiger partial charge in [0.2, 0.25) is 0 Å². The number of hydrogen-bond donors (Lipinski definition) is 2. The van der Waals surface area contributed by atoms with E-state index in [-0.39, 0.29) is 17.8 Å². The van der Waals surface area contributed by atoms with E-state index in [2.05, 4.69) is 4.98 Å². The van der Waals surface area contributed by atoms with Crippen molar-refractivity contribution in [1.29, 1.82) is 0 Å². The second-order valence-corrected chi connectivity index (χ2v) is 11.1. The summed E-state index contributed by atoms with van der Waals surface area (Å²) in [5.41, 5.74) is 0.440. The molecule has 2 heterocycles. The minimum Gasteiger partial charge on any atom is -0.497 e. The van der Waals surface area contributed by atoms with Gasteiger partial charge in [-0.1, -0.05) is 6.07 Å². The first-order valence-electron chi connectivity index (χ1n) is 12.0. The maximum Gasteiger partial charge on any atom is 0.410 e. The molecule has 0 saturated carbocycles. The highest BCUT2D eigenvalue weighted by atomic mass is 16.6. The molecule has 1 aromatic carbocycles. The Morgan fingerprint density at radius 2 is 1.91 bits per heavy atom. The van der Waals surface area contributed by atoms with Gasteiger partial charge in [0.25, 0.3) is 5.56 Å². The third kappa shape index (κ3) is 3.49. The molecule has 186 valence electrons. The number of amides is 1. The molecule has 2 aliphatic carbocycles. The Bertz CT molecular complexity index is 1290. The number of nitrogens with one attached hydrogen (secondary N) is 1. The van der Waals surface area contributed by atoms with Gasteiger partial charge in [-0.05, 0) is 75.4 Å². The summed E-state index contributed by atoms with van der Waals surface area (Å²) in [6.45, 7) is 7.26. The van der Waals surface area contributed by atoms with E-state index in [1.54, 1.807) is 18.1 Å². The van der Waals surface area contributed by atoms with Gasteiger partial charge in [0.05, 0.1) is 24.3 Å². The number of carbonyl (C=O) groups excluding carboxylic acids is 2. The van der Waals surface area contributed by atoms with Crippen LogP contribution in [0.3, 0.4) is 0 Å². The minimum atomic E-state index is -1.32. The zero-order valence-electron chi connectivity index (χ0n) is 20.9. The molecule has 2 N–H and O–H groups in total. The van der Waals surface area contributed by atoms with Crippen molar-refractivity contribution >= 4 is 11.9 Å². The second-order valence-electron chi connectivity index (χ2n) is 11.1. The number of hydrogen-bond acceptors (Lipinski definition) is 6. The van der Waals surface area contributed by atoms with Crippen molar-refractivity contribution in [3.63, 3.8) is 0 Å². The van der Waals surface area contributed by atoms with E-state index in [1.165, 1.54) is 6.92 Å². The predicted octanol–water partition coefficient (Wildman–Crippen LogP) is 2.92. The Morgan fingerprint density at radius 3 is 2.57 bits per heavy atom. The van der Waals surface area contributed by atoms with E-state index >= 15 is 0 Å². The highest BCUT2D eigenvalue weighted by Crippen LogP contribution is 2.57. The summed E-state index contributed by atoms with van der Waals surface area (Å²) < 4.78 is 11.2. The minimum absolute atomic E-state index is 0.0790. The number of benzene rings is 1. The van der Waals surface area contributed by atoms with Gasteiger partial charge in [-0.15, -0.1) is 0 Å². The van der Waals surface area contributed by atoms with Gasteiger partial charge in [0, 0.05) is 30.5 Å². The average molecular weight is 481 g/mol. The Morgan fingerprint density at radius 1 is 1.17 bits per heavy atom. The van der Waals surface area contributed by atoms with Crippen LogP contribution in [0.5, 0.6) is 5.75 Å². The number of carbonyl (C=O) groups is 2. The van der Waals surface area contributed by atoms with Crippen LogP contribution in [-0.2, 0) is 29.4 Å². The first-order chi connectivity index (χ1) is 16.4. The Balaban J connectivity index is 1.70. The SMILES string of the molecule is COc1ccc2c(c1)[C@]13CCN(C(=O)OC(C)(C)C)[C@H](C2)[C@]1(O)Cc1cc(C(C)=O)c(=O)[nH]c1C3. The summed E-state index contributed by atoms with van der Waals surface area (Å²) in [4.78, 5) is 42.5. The first kappa shape index (κ1) is 23.6. The molecule has 2 bridgehead atoms. The van der Waals surface area contributed by atoms with Gasteiger partial charge < -0.3 is 24.5 Å². The summed E-state index contributed by atoms with van der Waals surface area (Å²) in [5, 5.41) is 12.6. The number of methoxy groups -OCH3 is 1. The lowest BCUT2D eigenvalue weighted by molar-refractivity contribution is -0.147. The van der Waals surface area contributed by atoms with Crippen molar-refractivity contribution in [2.75, 3.05) is 13.7 Å². The molecule has 3 aliphatic rings. The number of likely N-dealkylation sites (tertiary alicyclic amines) is 1. The van der Waals surface area contributed by atoms with Gasteiger partial charge in [0.1, 0.15) is 11.4 Å². The molecule has 0 radical (unpaired) electrons. The highest BCUT2D eigenvalue weighted by Gasteiger charge is 2.65. The Hall–Kier alpha value is -3.13. The van der Waals surface area contributed by atoms with E-state index in [4.69, 9.17) is 9.47 Å². The lowest BCUT2D eigenvalue weighted by Crippen LogP contribution is -2.75. The molecule has 0 unspecified atom stereocenters. The van der Waals surface area contributed by atoms with E-state index in [0.717, 1.165) is 22.4 Å². The summed E-state index contributed by atoms with van der Waals surface area (Å²) in [6, 6.07) is 6.96. The number of ether oxygens (including phenoxy) is 2. The first-order valence-corrected chi connectivity index (χ1v) is 12.0. The normalized spacial score (nSPS) is 26.8. The number of pyridine rings is 1. The molecule has 8 nitrogen and oxygen atoms in total. The van der Waals surface area contributed by atoms with Gasteiger partial charge >= 0.3 is 6.09 Å². The largest absolute Gasteiger partial charge is 0.497 e. The smallest absolute Gasteiger partial charge is 0.410 e. The standard InChI is InChI=1S/C27H32N2O6/c1-15(30)19-10-17-13-27(33)22-11-16-6-7-18(34-5)12-20(16)26(27,14-21(17)28-23(19)31)8-9-29(22)24(32)35-25(2,3)4/h6-7,10,12,22,33H,8-9,11,13-14H2,1-5H3,(H,28,31)/t22-,26-,27-/m1/s1. The number of aromatic nitrogens is 1. The number of H-pyrrole nitrogens is 1. The zero-order chi connectivity index (χ0) is 25.3. The molecule has 0 spiro atoms. The average Bonchev–Trinajstić information content (AvgIpc) is 2.75. The van der Waals surface area contributed by atoms with Crippen molar-refractivity contribution in [2.45, 2.75) is 76.0 Å². The van der Waals surface area contributed by atoms with Crippen molar-refractivity contribution in [2.24, 2.45) is 0 Å². The van der Waals surface area contributed by atoms with Crippen LogP contribution in [0, 0.1) is 0 Å². The monoisotopic (exact) mass is 480 g/mol. The lowest BCUT2D eigenvalue weighted by Gasteiger charge is -2.63. The number of rotatable bonds is 2. The fourth-order valence-electron chi connectivity index (χ4n) is 6.36. The van der Waals surface area contributed by atoms with Crippen molar-refractivity contribution < 1.29 is 24.2 Å². The molecule has 1 saturated heterocycles. The van der Waals surface area contributed by atoms with Gasteiger partial charge in [0.15, 0.2) is 5.78 Å².